The quantitative estimate of drug-likeness (QED) is 0.296. The Hall–Kier alpha value is -4.04. The van der Waals surface area contributed by atoms with Crippen molar-refractivity contribution in [2.45, 2.75) is 53.5 Å². The van der Waals surface area contributed by atoms with Crippen molar-refractivity contribution in [1.29, 1.82) is 0 Å². The first-order valence-electron chi connectivity index (χ1n) is 13.3. The van der Waals surface area contributed by atoms with Crippen molar-refractivity contribution in [2.24, 2.45) is 4.99 Å². The van der Waals surface area contributed by atoms with E-state index in [4.69, 9.17) is 4.74 Å². The molecule has 1 aliphatic heterocycles. The number of ether oxygens (including phenoxy) is 1. The monoisotopic (exact) mass is 557 g/mol. The van der Waals surface area contributed by atoms with E-state index in [0.717, 1.165) is 28.2 Å². The van der Waals surface area contributed by atoms with Crippen molar-refractivity contribution >= 4 is 23.4 Å². The predicted molar refractivity (Wildman–Crippen MR) is 156 cm³/mol. The second-order valence-corrected chi connectivity index (χ2v) is 11.3. The van der Waals surface area contributed by atoms with Gasteiger partial charge in [-0.1, -0.05) is 49.4 Å². The molecule has 0 unspecified atom stereocenters. The van der Waals surface area contributed by atoms with E-state index >= 15 is 0 Å². The zero-order chi connectivity index (χ0) is 28.7. The molecule has 206 valence electrons. The number of allylic oxidation sites excluding steroid dienone is 1. The highest BCUT2D eigenvalue weighted by atomic mass is 32.1. The smallest absolute Gasteiger partial charge is 0.338 e. The molecule has 1 atom stereocenters. The van der Waals surface area contributed by atoms with Crippen LogP contribution in [0.4, 0.5) is 4.39 Å². The van der Waals surface area contributed by atoms with Gasteiger partial charge in [-0.05, 0) is 86.7 Å². The molecular weight excluding hydrogens is 525 g/mol. The molecule has 0 N–H and O–H groups in total. The summed E-state index contributed by atoms with van der Waals surface area (Å²) in [4.78, 5) is 32.3. The summed E-state index contributed by atoms with van der Waals surface area (Å²) in [7, 11) is 0. The van der Waals surface area contributed by atoms with Crippen molar-refractivity contribution < 1.29 is 13.9 Å². The van der Waals surface area contributed by atoms with Gasteiger partial charge in [0.2, 0.25) is 0 Å². The number of thiazole rings is 1. The molecule has 2 aromatic heterocycles. The number of nitrogens with zero attached hydrogens (tertiary/aromatic N) is 3. The third kappa shape index (κ3) is 4.88. The summed E-state index contributed by atoms with van der Waals surface area (Å²) in [6.07, 6.45) is 1.87. The van der Waals surface area contributed by atoms with Gasteiger partial charge in [0.1, 0.15) is 5.82 Å². The lowest BCUT2D eigenvalue weighted by Gasteiger charge is -2.25. The van der Waals surface area contributed by atoms with Crippen molar-refractivity contribution in [3.8, 4) is 5.69 Å². The van der Waals surface area contributed by atoms with Gasteiger partial charge in [-0.2, -0.15) is 0 Å². The molecule has 4 aromatic rings. The van der Waals surface area contributed by atoms with E-state index in [1.54, 1.807) is 30.5 Å². The Morgan fingerprint density at radius 1 is 1.10 bits per heavy atom. The number of carbonyl (C=O) groups excluding carboxylic acids is 1. The van der Waals surface area contributed by atoms with Crippen molar-refractivity contribution in [2.75, 3.05) is 6.61 Å². The van der Waals surface area contributed by atoms with Gasteiger partial charge in [-0.25, -0.2) is 14.2 Å². The lowest BCUT2D eigenvalue weighted by Crippen LogP contribution is -2.39. The zero-order valence-corrected chi connectivity index (χ0v) is 24.3. The lowest BCUT2D eigenvalue weighted by molar-refractivity contribution is -0.139. The van der Waals surface area contributed by atoms with Crippen LogP contribution in [0.1, 0.15) is 67.7 Å². The van der Waals surface area contributed by atoms with Crippen molar-refractivity contribution in [1.82, 2.24) is 9.13 Å². The molecule has 0 saturated carbocycles. The van der Waals surface area contributed by atoms with Gasteiger partial charge in [0, 0.05) is 17.1 Å². The normalized spacial score (nSPS) is 15.4. The summed E-state index contributed by atoms with van der Waals surface area (Å²) in [6, 6.07) is 15.7. The summed E-state index contributed by atoms with van der Waals surface area (Å²) in [5.74, 6) is -0.413. The van der Waals surface area contributed by atoms with Crippen LogP contribution in [-0.2, 0) is 9.53 Å². The third-order valence-corrected chi connectivity index (χ3v) is 8.26. The van der Waals surface area contributed by atoms with E-state index in [-0.39, 0.29) is 18.0 Å². The van der Waals surface area contributed by atoms with E-state index < -0.39 is 12.0 Å². The molecule has 0 fully saturated rings. The summed E-state index contributed by atoms with van der Waals surface area (Å²) in [5, 5.41) is 0. The highest BCUT2D eigenvalue weighted by molar-refractivity contribution is 7.07. The topological polar surface area (TPSA) is 65.6 Å². The maximum atomic E-state index is 14.0. The Balaban J connectivity index is 1.67. The Kier molecular flexibility index (Phi) is 7.47. The highest BCUT2D eigenvalue weighted by Crippen LogP contribution is 2.31. The van der Waals surface area contributed by atoms with E-state index in [0.29, 0.717) is 26.5 Å². The molecule has 0 saturated heterocycles. The fraction of sp³-hybridized carbons (Fsp3) is 0.281. The lowest BCUT2D eigenvalue weighted by atomic mass is 9.93. The molecular formula is C32H32FN3O3S. The Bertz CT molecular complexity index is 1810. The van der Waals surface area contributed by atoms with Crippen LogP contribution in [0.2, 0.25) is 0 Å². The first-order valence-corrected chi connectivity index (χ1v) is 14.2. The molecule has 2 aromatic carbocycles. The van der Waals surface area contributed by atoms with Gasteiger partial charge in [0.25, 0.3) is 5.56 Å². The van der Waals surface area contributed by atoms with Crippen LogP contribution in [0, 0.1) is 19.7 Å². The number of benzene rings is 2. The number of rotatable bonds is 6. The molecule has 3 heterocycles. The number of aryl methyl sites for hydroxylation is 1. The number of hydrogen-bond donors (Lipinski definition) is 0. The van der Waals surface area contributed by atoms with E-state index in [9.17, 15) is 14.0 Å². The van der Waals surface area contributed by atoms with Crippen LogP contribution in [0.5, 0.6) is 0 Å². The number of fused-ring (bicyclic) bond motifs is 1. The minimum Gasteiger partial charge on any atom is -0.463 e. The molecule has 40 heavy (non-hydrogen) atoms. The van der Waals surface area contributed by atoms with Crippen LogP contribution in [0.25, 0.3) is 11.8 Å². The Morgan fingerprint density at radius 3 is 2.40 bits per heavy atom. The molecule has 1 aliphatic rings. The first kappa shape index (κ1) is 27.5. The van der Waals surface area contributed by atoms with Crippen molar-refractivity contribution in [3.05, 3.63) is 119 Å². The summed E-state index contributed by atoms with van der Waals surface area (Å²) in [6.45, 7) is 12.0. The van der Waals surface area contributed by atoms with Crippen LogP contribution in [-0.4, -0.2) is 21.7 Å². The average Bonchev–Trinajstić information content (AvgIpc) is 3.38. The van der Waals surface area contributed by atoms with Gasteiger partial charge in [0.15, 0.2) is 4.80 Å². The number of halogens is 1. The summed E-state index contributed by atoms with van der Waals surface area (Å²) >= 11 is 1.30. The minimum atomic E-state index is -0.648. The molecule has 8 heteroatoms. The largest absolute Gasteiger partial charge is 0.463 e. The van der Waals surface area contributed by atoms with Gasteiger partial charge in [-0.15, -0.1) is 0 Å². The number of carbonyl (C=O) groups is 1. The maximum Gasteiger partial charge on any atom is 0.338 e. The molecule has 0 bridgehead atoms. The average molecular weight is 558 g/mol. The minimum absolute atomic E-state index is 0.220. The Morgan fingerprint density at radius 2 is 1.77 bits per heavy atom. The van der Waals surface area contributed by atoms with Crippen molar-refractivity contribution in [3.63, 3.8) is 0 Å². The second kappa shape index (κ2) is 10.8. The number of hydrogen-bond acceptors (Lipinski definition) is 5. The first-order chi connectivity index (χ1) is 19.1. The third-order valence-electron chi connectivity index (χ3n) is 7.28. The van der Waals surface area contributed by atoms with E-state index in [1.165, 1.54) is 29.0 Å². The zero-order valence-electron chi connectivity index (χ0n) is 23.5. The second-order valence-electron chi connectivity index (χ2n) is 10.3. The van der Waals surface area contributed by atoms with Gasteiger partial charge < -0.3 is 9.30 Å². The molecule has 0 aliphatic carbocycles. The fourth-order valence-electron chi connectivity index (χ4n) is 5.23. The molecule has 6 nitrogen and oxygen atoms in total. The van der Waals surface area contributed by atoms with Crippen LogP contribution in [0.15, 0.2) is 75.7 Å². The number of aromatic nitrogens is 2. The molecule has 0 spiro atoms. The predicted octanol–water partition coefficient (Wildman–Crippen LogP) is 5.47. The van der Waals surface area contributed by atoms with Gasteiger partial charge in [-0.3, -0.25) is 9.36 Å². The SMILES string of the molecule is CCOC(=O)C1=C(C)N=c2s/c(=C\c3cc(C)n(-c4ccc(F)cc4)c3C)c(=O)n2[C@H]1c1ccc(C(C)C)cc1. The molecule has 0 radical (unpaired) electrons. The summed E-state index contributed by atoms with van der Waals surface area (Å²) < 4.78 is 23.1. The van der Waals surface area contributed by atoms with Crippen LogP contribution in [0.3, 0.4) is 0 Å². The fourth-order valence-corrected chi connectivity index (χ4v) is 6.27. The van der Waals surface area contributed by atoms with Gasteiger partial charge in [0.05, 0.1) is 28.5 Å². The standard InChI is InChI=1S/C32H32FN3O3S/c1-7-39-31(38)28-20(5)34-32-36(29(28)23-10-8-22(9-11-23)18(2)3)30(37)27(40-32)17-24-16-19(4)35(21(24)6)26-14-12-25(33)13-15-26/h8-18,29H,7H2,1-6H3/b27-17-/t29-/m0/s1. The molecule has 0 amide bonds. The summed E-state index contributed by atoms with van der Waals surface area (Å²) in [5.41, 5.74) is 6.30. The Labute approximate surface area is 236 Å². The van der Waals surface area contributed by atoms with Gasteiger partial charge >= 0.3 is 5.97 Å². The van der Waals surface area contributed by atoms with Crippen LogP contribution >= 0.6 is 11.3 Å². The maximum absolute atomic E-state index is 14.0. The van der Waals surface area contributed by atoms with E-state index in [2.05, 4.69) is 18.8 Å². The highest BCUT2D eigenvalue weighted by Gasteiger charge is 2.33. The van der Waals surface area contributed by atoms with Crippen LogP contribution < -0.4 is 14.9 Å². The van der Waals surface area contributed by atoms with E-state index in [1.807, 2.05) is 54.8 Å². The number of esters is 1. The molecule has 5 rings (SSSR count).